The van der Waals surface area contributed by atoms with E-state index >= 15 is 0 Å². The van der Waals surface area contributed by atoms with E-state index in [1.54, 1.807) is 0 Å². The highest BCUT2D eigenvalue weighted by Crippen LogP contribution is 2.27. The van der Waals surface area contributed by atoms with Crippen LogP contribution >= 0.6 is 0 Å². The molecule has 2 rings (SSSR count). The summed E-state index contributed by atoms with van der Waals surface area (Å²) in [5.41, 5.74) is 0. The van der Waals surface area contributed by atoms with Crippen molar-refractivity contribution in [1.82, 2.24) is 0 Å². The van der Waals surface area contributed by atoms with Gasteiger partial charge in [-0.05, 0) is 77.0 Å². The number of allylic oxidation sites excluding steroid dienone is 10. The van der Waals surface area contributed by atoms with Gasteiger partial charge in [0.2, 0.25) is 0 Å². The van der Waals surface area contributed by atoms with Crippen molar-refractivity contribution in [2.45, 2.75) is 313 Å². The summed E-state index contributed by atoms with van der Waals surface area (Å²) in [5, 5.41) is 72.5. The Hall–Kier alpha value is -2.31. The largest absolute Gasteiger partial charge is 0.457 e. The molecule has 0 aromatic carbocycles. The lowest BCUT2D eigenvalue weighted by Crippen LogP contribution is -2.61. The molecule has 0 aliphatic carbocycles. The van der Waals surface area contributed by atoms with Gasteiger partial charge in [0.05, 0.1) is 26.4 Å². The zero-order chi connectivity index (χ0) is 57.2. The second-order valence-electron chi connectivity index (χ2n) is 22.2. The Morgan fingerprint density at radius 3 is 1.30 bits per heavy atom. The van der Waals surface area contributed by atoms with Crippen molar-refractivity contribution in [3.8, 4) is 0 Å². The minimum absolute atomic E-state index is 0.0599. The SMILES string of the molecule is CC/C=C\C/C=C\C/C=C\C/C=C\CCCCCCCCCCCCCCC(=O)OC(COCCCCCCCCCCCC/C=C\CCCCCCCC)COC1OC(COC2OC(CO)C(O)C(O)C2O)C(O)C(O)C1O. The Morgan fingerprint density at radius 2 is 0.823 bits per heavy atom. The van der Waals surface area contributed by atoms with Crippen LogP contribution in [0.5, 0.6) is 0 Å². The lowest BCUT2D eigenvalue weighted by Gasteiger charge is -2.42. The van der Waals surface area contributed by atoms with E-state index < -0.39 is 80.7 Å². The van der Waals surface area contributed by atoms with Crippen LogP contribution in [0.1, 0.15) is 245 Å². The van der Waals surface area contributed by atoms with E-state index in [4.69, 9.17) is 28.4 Å². The predicted molar refractivity (Wildman–Crippen MR) is 316 cm³/mol. The topological polar surface area (TPSA) is 214 Å². The first-order valence-corrected chi connectivity index (χ1v) is 31.9. The van der Waals surface area contributed by atoms with Crippen molar-refractivity contribution < 1.29 is 69.0 Å². The van der Waals surface area contributed by atoms with Gasteiger partial charge in [0.15, 0.2) is 12.6 Å². The van der Waals surface area contributed by atoms with Crippen molar-refractivity contribution in [3.63, 3.8) is 0 Å². The Balaban J connectivity index is 1.67. The summed E-state index contributed by atoms with van der Waals surface area (Å²) in [4.78, 5) is 13.1. The minimum atomic E-state index is -1.71. The lowest BCUT2D eigenvalue weighted by atomic mass is 9.98. The lowest BCUT2D eigenvalue weighted by molar-refractivity contribution is -0.332. The van der Waals surface area contributed by atoms with Crippen LogP contribution in [0.3, 0.4) is 0 Å². The molecule has 0 bridgehead atoms. The van der Waals surface area contributed by atoms with Crippen molar-refractivity contribution >= 4 is 5.97 Å². The molecule has 2 fully saturated rings. The molecule has 2 saturated heterocycles. The first kappa shape index (κ1) is 72.8. The molecule has 14 nitrogen and oxygen atoms in total. The van der Waals surface area contributed by atoms with Crippen LogP contribution in [0.15, 0.2) is 60.8 Å². The molecule has 2 aliphatic rings. The van der Waals surface area contributed by atoms with E-state index in [0.29, 0.717) is 13.0 Å². The molecule has 14 heteroatoms. The van der Waals surface area contributed by atoms with Gasteiger partial charge in [0.25, 0.3) is 0 Å². The Morgan fingerprint density at radius 1 is 0.430 bits per heavy atom. The van der Waals surface area contributed by atoms with E-state index in [2.05, 4.69) is 74.6 Å². The highest BCUT2D eigenvalue weighted by Gasteiger charge is 2.47. The third kappa shape index (κ3) is 37.5. The van der Waals surface area contributed by atoms with E-state index in [1.165, 1.54) is 148 Å². The molecule has 2 heterocycles. The molecule has 0 radical (unpaired) electrons. The van der Waals surface area contributed by atoms with Crippen molar-refractivity contribution in [1.29, 1.82) is 0 Å². The molecular weight excluding hydrogens is 1000 g/mol. The Labute approximate surface area is 479 Å². The number of aliphatic hydroxyl groups is 7. The van der Waals surface area contributed by atoms with Crippen LogP contribution in [0.4, 0.5) is 0 Å². The number of aliphatic hydroxyl groups excluding tert-OH is 7. The molecule has 0 saturated carbocycles. The Kier molecular flexibility index (Phi) is 47.3. The van der Waals surface area contributed by atoms with Crippen LogP contribution in [-0.4, -0.2) is 142 Å². The molecule has 0 spiro atoms. The molecule has 460 valence electrons. The van der Waals surface area contributed by atoms with Crippen LogP contribution in [-0.2, 0) is 33.2 Å². The van der Waals surface area contributed by atoms with E-state index in [0.717, 1.165) is 70.6 Å². The number of carbonyl (C=O) groups excluding carboxylic acids is 1. The van der Waals surface area contributed by atoms with Crippen LogP contribution in [0.2, 0.25) is 0 Å². The third-order valence-electron chi connectivity index (χ3n) is 15.0. The zero-order valence-corrected chi connectivity index (χ0v) is 49.6. The van der Waals surface area contributed by atoms with Gasteiger partial charge < -0.3 is 64.2 Å². The summed E-state index contributed by atoms with van der Waals surface area (Å²) in [5.74, 6) is -0.377. The fraction of sp³-hybridized carbons (Fsp3) is 0.831. The van der Waals surface area contributed by atoms with Crippen LogP contribution in [0, 0.1) is 0 Å². The summed E-state index contributed by atoms with van der Waals surface area (Å²) in [7, 11) is 0. The third-order valence-corrected chi connectivity index (χ3v) is 15.0. The number of ether oxygens (including phenoxy) is 6. The second kappa shape index (κ2) is 51.3. The van der Waals surface area contributed by atoms with Crippen LogP contribution in [0.25, 0.3) is 0 Å². The van der Waals surface area contributed by atoms with Gasteiger partial charge in [-0.2, -0.15) is 0 Å². The van der Waals surface area contributed by atoms with Gasteiger partial charge in [0, 0.05) is 13.0 Å². The molecule has 11 unspecified atom stereocenters. The average molecular weight is 1120 g/mol. The molecule has 11 atom stereocenters. The number of unbranched alkanes of at least 4 members (excludes halogenated alkanes) is 28. The first-order chi connectivity index (χ1) is 38.6. The maximum atomic E-state index is 13.1. The van der Waals surface area contributed by atoms with Gasteiger partial charge in [-0.1, -0.05) is 222 Å². The van der Waals surface area contributed by atoms with Crippen molar-refractivity contribution in [2.75, 3.05) is 33.0 Å². The number of hydrogen-bond acceptors (Lipinski definition) is 14. The van der Waals surface area contributed by atoms with Gasteiger partial charge in [-0.15, -0.1) is 0 Å². The van der Waals surface area contributed by atoms with Gasteiger partial charge >= 0.3 is 5.97 Å². The summed E-state index contributed by atoms with van der Waals surface area (Å²) < 4.78 is 34.5. The van der Waals surface area contributed by atoms with Crippen molar-refractivity contribution in [2.24, 2.45) is 0 Å². The summed E-state index contributed by atoms with van der Waals surface area (Å²) >= 11 is 0. The maximum absolute atomic E-state index is 13.1. The monoisotopic (exact) mass is 1120 g/mol. The highest BCUT2D eigenvalue weighted by atomic mass is 16.7. The van der Waals surface area contributed by atoms with E-state index in [9.17, 15) is 40.5 Å². The molecule has 0 amide bonds. The van der Waals surface area contributed by atoms with E-state index in [1.807, 2.05) is 0 Å². The highest BCUT2D eigenvalue weighted by molar-refractivity contribution is 5.69. The number of carbonyl (C=O) groups is 1. The number of rotatable bonds is 52. The normalized spacial score (nSPS) is 24.4. The van der Waals surface area contributed by atoms with Gasteiger partial charge in [0.1, 0.15) is 54.9 Å². The van der Waals surface area contributed by atoms with Gasteiger partial charge in [-0.3, -0.25) is 4.79 Å². The number of esters is 1. The smallest absolute Gasteiger partial charge is 0.306 e. The fourth-order valence-electron chi connectivity index (χ4n) is 9.92. The molecule has 0 aromatic rings. The molecule has 2 aliphatic heterocycles. The molecule has 79 heavy (non-hydrogen) atoms. The van der Waals surface area contributed by atoms with Crippen molar-refractivity contribution in [3.05, 3.63) is 60.8 Å². The second-order valence-corrected chi connectivity index (χ2v) is 22.2. The predicted octanol–water partition coefficient (Wildman–Crippen LogP) is 12.4. The first-order valence-electron chi connectivity index (χ1n) is 31.9. The number of hydrogen-bond donors (Lipinski definition) is 7. The molecular formula is C65H116O14. The van der Waals surface area contributed by atoms with Gasteiger partial charge in [-0.25, -0.2) is 0 Å². The minimum Gasteiger partial charge on any atom is -0.457 e. The average Bonchev–Trinajstić information content (AvgIpc) is 3.46. The standard InChI is InChI=1S/C65H116O14/c1-3-5-7-9-11-13-15-17-19-21-23-25-26-27-28-29-30-32-34-36-38-40-42-44-46-48-57(67)77-54(51-74-49-47-45-43-41-39-37-35-33-31-24-22-20-18-16-14-12-10-8-6-4-2)52-75-64-63(73)61(71)59(69)56(79-64)53-76-65-62(72)60(70)58(68)55(50-66)78-65/h5,7,11,13,17-20,23,25,54-56,58-66,68-73H,3-4,6,8-10,12,14-16,21-22,24,26-53H2,1-2H3/b7-5-,13-11-,19-17-,20-18-,25-23-. The molecule has 7 N–H and O–H groups in total. The summed E-state index contributed by atoms with van der Waals surface area (Å²) in [6.45, 7) is 3.60. The Bertz CT molecular complexity index is 1540. The molecule has 0 aromatic heterocycles. The summed E-state index contributed by atoms with van der Waals surface area (Å²) in [6.07, 6.45) is 48.5. The maximum Gasteiger partial charge on any atom is 0.306 e. The quantitative estimate of drug-likeness (QED) is 0.0172. The van der Waals surface area contributed by atoms with Crippen LogP contribution < -0.4 is 0 Å². The zero-order valence-electron chi connectivity index (χ0n) is 49.6. The summed E-state index contributed by atoms with van der Waals surface area (Å²) in [6, 6.07) is 0. The van der Waals surface area contributed by atoms with E-state index in [-0.39, 0.29) is 25.6 Å². The fourth-order valence-corrected chi connectivity index (χ4v) is 9.92.